The van der Waals surface area contributed by atoms with Crippen LogP contribution in [0.15, 0.2) is 55.8 Å². The molecule has 0 aliphatic rings. The van der Waals surface area contributed by atoms with Gasteiger partial charge in [-0.1, -0.05) is 23.8 Å². The average Bonchev–Trinajstić information content (AvgIpc) is 2.56. The van der Waals surface area contributed by atoms with Crippen molar-refractivity contribution >= 4 is 47.0 Å². The van der Waals surface area contributed by atoms with E-state index in [1.54, 1.807) is 6.20 Å². The summed E-state index contributed by atoms with van der Waals surface area (Å²) in [6.45, 7) is 11.1. The van der Waals surface area contributed by atoms with Crippen LogP contribution < -0.4 is 5.32 Å². The molecule has 0 atom stereocenters. The van der Waals surface area contributed by atoms with Crippen LogP contribution >= 0.6 is 30.4 Å². The monoisotopic (exact) mass is 566 g/mol. The van der Waals surface area contributed by atoms with E-state index in [0.29, 0.717) is 5.02 Å². The molecule has 24 heavy (non-hydrogen) atoms. The van der Waals surface area contributed by atoms with E-state index in [1.807, 2.05) is 36.4 Å². The fourth-order valence-electron chi connectivity index (χ4n) is 2.25. The van der Waals surface area contributed by atoms with E-state index in [0.717, 1.165) is 42.8 Å². The van der Waals surface area contributed by atoms with Crippen molar-refractivity contribution in [3.63, 3.8) is 0 Å². The summed E-state index contributed by atoms with van der Waals surface area (Å²) < 4.78 is 0. The number of fused-ring (bicyclic) bond motifs is 1. The van der Waals surface area contributed by atoms with E-state index in [2.05, 4.69) is 28.4 Å². The fraction of sp³-hybridized carbons (Fsp3) is 0.235. The Morgan fingerprint density at radius 2 is 1.83 bits per heavy atom. The molecule has 2 aromatic rings. The topological polar surface area (TPSA) is 28.2 Å². The number of hydrogen-bond donors (Lipinski definition) is 1. The number of benzene rings is 1. The fourth-order valence-corrected chi connectivity index (χ4v) is 2.41. The summed E-state index contributed by atoms with van der Waals surface area (Å²) in [5.74, 6) is 0. The average molecular weight is 568 g/mol. The van der Waals surface area contributed by atoms with Crippen LogP contribution in [0.5, 0.6) is 0 Å². The molecule has 0 fully saturated rings. The van der Waals surface area contributed by atoms with Crippen molar-refractivity contribution in [3.05, 3.63) is 60.8 Å². The Bertz CT molecular complexity index is 642. The molecule has 0 aliphatic carbocycles. The molecule has 0 amide bonds. The maximum atomic E-state index is 6.00. The third-order valence-corrected chi connectivity index (χ3v) is 3.46. The second-order valence-electron chi connectivity index (χ2n) is 4.83. The SMILES string of the molecule is C=CCN(CC=C)CCNc1ccnc2cc(Cl)ccc12.[Cl][Pt][Cl]. The van der Waals surface area contributed by atoms with Gasteiger partial charge in [-0.25, -0.2) is 0 Å². The third kappa shape index (κ3) is 7.54. The molecule has 0 aliphatic heterocycles. The van der Waals surface area contributed by atoms with Crippen LogP contribution in [0.3, 0.4) is 0 Å². The first-order valence-corrected chi connectivity index (χ1v) is 13.2. The van der Waals surface area contributed by atoms with Gasteiger partial charge in [-0.05, 0) is 24.3 Å². The van der Waals surface area contributed by atoms with Crippen LogP contribution in [0, 0.1) is 0 Å². The number of nitrogens with one attached hydrogen (secondary N) is 1. The summed E-state index contributed by atoms with van der Waals surface area (Å²) in [5, 5.41) is 5.25. The number of aromatic nitrogens is 1. The molecule has 1 heterocycles. The zero-order valence-corrected chi connectivity index (χ0v) is 17.7. The standard InChI is InChI=1S/C17H20ClN3.2ClH.Pt/c1-3-10-21(11-4-2)12-9-20-16-7-8-19-17-13-14(18)5-6-15(16)17;;;/h3-8,13H,1-2,9-12H2,(H,19,20);2*1H;/q;;;+2/p-2. The molecule has 7 heteroatoms. The quantitative estimate of drug-likeness (QED) is 0.436. The summed E-state index contributed by atoms with van der Waals surface area (Å²) in [4.78, 5) is 6.61. The van der Waals surface area contributed by atoms with Crippen LogP contribution in [0.1, 0.15) is 0 Å². The first-order chi connectivity index (χ1) is 11.7. The summed E-state index contributed by atoms with van der Waals surface area (Å²) in [6, 6.07) is 7.75. The molecule has 2 rings (SSSR count). The van der Waals surface area contributed by atoms with Crippen molar-refractivity contribution < 1.29 is 16.5 Å². The Morgan fingerprint density at radius 3 is 2.46 bits per heavy atom. The molecule has 0 saturated heterocycles. The van der Waals surface area contributed by atoms with E-state index in [4.69, 9.17) is 30.4 Å². The molecule has 0 radical (unpaired) electrons. The van der Waals surface area contributed by atoms with Gasteiger partial charge in [0.2, 0.25) is 0 Å². The van der Waals surface area contributed by atoms with Crippen molar-refractivity contribution in [3.8, 4) is 0 Å². The van der Waals surface area contributed by atoms with Gasteiger partial charge in [0.1, 0.15) is 0 Å². The normalized spacial score (nSPS) is 10.3. The van der Waals surface area contributed by atoms with Gasteiger partial charge in [0.05, 0.1) is 5.52 Å². The van der Waals surface area contributed by atoms with Crippen LogP contribution in [-0.2, 0) is 16.5 Å². The molecule has 1 aromatic heterocycles. The predicted octanol–water partition coefficient (Wildman–Crippen LogP) is 5.35. The first kappa shape index (κ1) is 21.5. The summed E-state index contributed by atoms with van der Waals surface area (Å²) in [6.07, 6.45) is 5.62. The molecule has 0 unspecified atom stereocenters. The van der Waals surface area contributed by atoms with Gasteiger partial charge in [0.25, 0.3) is 0 Å². The Morgan fingerprint density at radius 1 is 1.17 bits per heavy atom. The minimum absolute atomic E-state index is 0.472. The summed E-state index contributed by atoms with van der Waals surface area (Å²) >= 11 is 5.53. The molecule has 0 bridgehead atoms. The number of hydrogen-bond acceptors (Lipinski definition) is 3. The zero-order chi connectivity index (χ0) is 17.8. The third-order valence-electron chi connectivity index (χ3n) is 3.22. The van der Waals surface area contributed by atoms with E-state index in [1.165, 1.54) is 0 Å². The van der Waals surface area contributed by atoms with Crippen LogP contribution in [0.2, 0.25) is 5.02 Å². The Labute approximate surface area is 165 Å². The molecule has 1 aromatic carbocycles. The predicted molar refractivity (Wildman–Crippen MR) is 104 cm³/mol. The van der Waals surface area contributed by atoms with Crippen molar-refractivity contribution in [1.29, 1.82) is 0 Å². The number of nitrogens with zero attached hydrogens (tertiary/aromatic N) is 2. The summed E-state index contributed by atoms with van der Waals surface area (Å²) in [5.41, 5.74) is 1.98. The molecular formula is C17H20Cl3N3Pt. The minimum atomic E-state index is -0.472. The number of rotatable bonds is 8. The van der Waals surface area contributed by atoms with Gasteiger partial charge in [-0.2, -0.15) is 0 Å². The van der Waals surface area contributed by atoms with Crippen LogP contribution in [0.4, 0.5) is 5.69 Å². The van der Waals surface area contributed by atoms with Gasteiger partial charge in [-0.15, -0.1) is 13.2 Å². The first-order valence-electron chi connectivity index (χ1n) is 7.21. The van der Waals surface area contributed by atoms with E-state index < -0.39 is 16.5 Å². The van der Waals surface area contributed by atoms with Crippen molar-refractivity contribution in [2.75, 3.05) is 31.5 Å². The molecule has 134 valence electrons. The van der Waals surface area contributed by atoms with Gasteiger partial charge in [0, 0.05) is 48.5 Å². The molecule has 1 N–H and O–H groups in total. The number of pyridine rings is 1. The van der Waals surface area contributed by atoms with Crippen molar-refractivity contribution in [2.24, 2.45) is 0 Å². The van der Waals surface area contributed by atoms with Crippen LogP contribution in [0.25, 0.3) is 10.9 Å². The van der Waals surface area contributed by atoms with Gasteiger partial charge in [0.15, 0.2) is 0 Å². The molecule has 0 spiro atoms. The number of halogens is 3. The molecular weight excluding hydrogens is 548 g/mol. The molecule has 3 nitrogen and oxygen atoms in total. The van der Waals surface area contributed by atoms with E-state index >= 15 is 0 Å². The second kappa shape index (κ2) is 12.7. The van der Waals surface area contributed by atoms with Gasteiger partial charge in [-0.3, -0.25) is 9.88 Å². The Hall–Kier alpha value is -0.572. The zero-order valence-electron chi connectivity index (χ0n) is 13.1. The Balaban J connectivity index is 0.000000891. The number of anilines is 1. The van der Waals surface area contributed by atoms with Gasteiger partial charge < -0.3 is 5.32 Å². The maximum absolute atomic E-state index is 6.00. The molecule has 0 saturated carbocycles. The Kier molecular flexibility index (Phi) is 11.4. The summed E-state index contributed by atoms with van der Waals surface area (Å²) in [7, 11) is 9.75. The van der Waals surface area contributed by atoms with Crippen LogP contribution in [-0.4, -0.2) is 36.1 Å². The van der Waals surface area contributed by atoms with Gasteiger partial charge >= 0.3 is 35.3 Å². The van der Waals surface area contributed by atoms with Crippen molar-refractivity contribution in [1.82, 2.24) is 9.88 Å². The van der Waals surface area contributed by atoms with E-state index in [9.17, 15) is 0 Å². The second-order valence-corrected chi connectivity index (χ2v) is 8.55. The van der Waals surface area contributed by atoms with Crippen molar-refractivity contribution in [2.45, 2.75) is 0 Å². The van der Waals surface area contributed by atoms with E-state index in [-0.39, 0.29) is 0 Å².